The maximum absolute atomic E-state index is 10.2. The lowest BCUT2D eigenvalue weighted by Gasteiger charge is -1.97. The molecule has 5 N–H and O–H groups in total. The number of phenols is 1. The van der Waals surface area contributed by atoms with Crippen molar-refractivity contribution in [3.8, 4) is 5.75 Å². The summed E-state index contributed by atoms with van der Waals surface area (Å²) in [7, 11) is 0. The fourth-order valence-corrected chi connectivity index (χ4v) is 0.914. The summed E-state index contributed by atoms with van der Waals surface area (Å²) < 4.78 is 0. The molecular formula is C9H13NO3. The summed E-state index contributed by atoms with van der Waals surface area (Å²) >= 11 is 0. The summed E-state index contributed by atoms with van der Waals surface area (Å²) in [5.41, 5.74) is 0.926. The summed E-state index contributed by atoms with van der Waals surface area (Å²) in [6.07, 6.45) is 0.639. The third-order valence-electron chi connectivity index (χ3n) is 1.56. The molecule has 0 heterocycles. The molecule has 0 spiro atoms. The van der Waals surface area contributed by atoms with Crippen LogP contribution in [0.4, 0.5) is 0 Å². The number of carboxylic acid groups (broad SMARTS) is 1. The lowest BCUT2D eigenvalue weighted by atomic mass is 10.1. The minimum absolute atomic E-state index is 0. The topological polar surface area (TPSA) is 92.5 Å². The number of carbonyl (C=O) groups is 1. The van der Waals surface area contributed by atoms with E-state index in [0.717, 1.165) is 5.56 Å². The van der Waals surface area contributed by atoms with Crippen molar-refractivity contribution < 1.29 is 15.0 Å². The quantitative estimate of drug-likeness (QED) is 0.663. The number of hydrogen-bond donors (Lipinski definition) is 3. The van der Waals surface area contributed by atoms with Crippen molar-refractivity contribution in [3.63, 3.8) is 0 Å². The van der Waals surface area contributed by atoms with Crippen molar-refractivity contribution >= 4 is 5.97 Å². The van der Waals surface area contributed by atoms with E-state index < -0.39 is 5.97 Å². The van der Waals surface area contributed by atoms with Gasteiger partial charge in [0.15, 0.2) is 0 Å². The fourth-order valence-electron chi connectivity index (χ4n) is 0.914. The SMILES string of the molecule is N.O=C(O)CCc1ccc(O)cc1. The molecular weight excluding hydrogens is 170 g/mol. The van der Waals surface area contributed by atoms with Gasteiger partial charge in [-0.15, -0.1) is 0 Å². The molecule has 1 aromatic carbocycles. The lowest BCUT2D eigenvalue weighted by molar-refractivity contribution is -0.136. The van der Waals surface area contributed by atoms with Gasteiger partial charge in [0.05, 0.1) is 0 Å². The van der Waals surface area contributed by atoms with Crippen LogP contribution in [0.25, 0.3) is 0 Å². The predicted octanol–water partition coefficient (Wildman–Crippen LogP) is 1.57. The Morgan fingerprint density at radius 2 is 1.77 bits per heavy atom. The second-order valence-electron chi connectivity index (χ2n) is 2.56. The Morgan fingerprint density at radius 1 is 1.23 bits per heavy atom. The van der Waals surface area contributed by atoms with Gasteiger partial charge in [-0.25, -0.2) is 0 Å². The zero-order valence-electron chi connectivity index (χ0n) is 7.23. The smallest absolute Gasteiger partial charge is 0.303 e. The Bertz CT molecular complexity index is 269. The van der Waals surface area contributed by atoms with E-state index in [0.29, 0.717) is 6.42 Å². The summed E-state index contributed by atoms with van der Waals surface area (Å²) in [5, 5.41) is 17.3. The first kappa shape index (κ1) is 11.4. The summed E-state index contributed by atoms with van der Waals surface area (Å²) in [6.45, 7) is 0. The van der Waals surface area contributed by atoms with Crippen LogP contribution >= 0.6 is 0 Å². The van der Waals surface area contributed by atoms with Crippen LogP contribution in [-0.2, 0) is 11.2 Å². The van der Waals surface area contributed by atoms with Crippen LogP contribution < -0.4 is 6.15 Å². The number of phenolic OH excluding ortho intramolecular Hbond substituents is 1. The Balaban J connectivity index is 0.00000144. The molecule has 0 fully saturated rings. The highest BCUT2D eigenvalue weighted by molar-refractivity contribution is 5.67. The standard InChI is InChI=1S/C9H10O3.H3N/c10-8-4-1-7(2-5-8)3-6-9(11)12;/h1-2,4-5,10H,3,6H2,(H,11,12);1H3. The molecule has 0 aromatic heterocycles. The predicted molar refractivity (Wildman–Crippen MR) is 49.1 cm³/mol. The van der Waals surface area contributed by atoms with E-state index >= 15 is 0 Å². The van der Waals surface area contributed by atoms with Gasteiger partial charge >= 0.3 is 5.97 Å². The monoisotopic (exact) mass is 183 g/mol. The van der Waals surface area contributed by atoms with Gasteiger partial charge in [-0.2, -0.15) is 0 Å². The Morgan fingerprint density at radius 3 is 2.23 bits per heavy atom. The number of aromatic hydroxyl groups is 1. The van der Waals surface area contributed by atoms with Gasteiger partial charge in [0.25, 0.3) is 0 Å². The van der Waals surface area contributed by atoms with Crippen LogP contribution in [0.5, 0.6) is 5.75 Å². The second-order valence-corrected chi connectivity index (χ2v) is 2.56. The molecule has 0 aliphatic heterocycles. The van der Waals surface area contributed by atoms with Crippen LogP contribution in [0.1, 0.15) is 12.0 Å². The van der Waals surface area contributed by atoms with Gasteiger partial charge in [-0.05, 0) is 24.1 Å². The normalized spacial score (nSPS) is 8.92. The Hall–Kier alpha value is -1.55. The summed E-state index contributed by atoms with van der Waals surface area (Å²) in [5.74, 6) is -0.600. The molecule has 0 radical (unpaired) electrons. The van der Waals surface area contributed by atoms with Crippen LogP contribution in [-0.4, -0.2) is 16.2 Å². The summed E-state index contributed by atoms with van der Waals surface area (Å²) in [4.78, 5) is 10.2. The largest absolute Gasteiger partial charge is 0.508 e. The van der Waals surface area contributed by atoms with Gasteiger partial charge in [0.1, 0.15) is 5.75 Å². The zero-order valence-corrected chi connectivity index (χ0v) is 7.23. The van der Waals surface area contributed by atoms with Crippen molar-refractivity contribution in [2.75, 3.05) is 0 Å². The average molecular weight is 183 g/mol. The first-order chi connectivity index (χ1) is 5.68. The summed E-state index contributed by atoms with van der Waals surface area (Å²) in [6, 6.07) is 6.55. The number of aliphatic carboxylic acids is 1. The number of aryl methyl sites for hydroxylation is 1. The molecule has 0 aliphatic rings. The highest BCUT2D eigenvalue weighted by Crippen LogP contribution is 2.10. The van der Waals surface area contributed by atoms with Crippen LogP contribution in [0.3, 0.4) is 0 Å². The number of carboxylic acids is 1. The molecule has 72 valence electrons. The van der Waals surface area contributed by atoms with E-state index in [4.69, 9.17) is 10.2 Å². The van der Waals surface area contributed by atoms with Crippen molar-refractivity contribution in [1.29, 1.82) is 0 Å². The van der Waals surface area contributed by atoms with Crippen LogP contribution in [0.15, 0.2) is 24.3 Å². The number of rotatable bonds is 3. The lowest BCUT2D eigenvalue weighted by Crippen LogP contribution is -1.96. The van der Waals surface area contributed by atoms with Crippen molar-refractivity contribution in [2.24, 2.45) is 0 Å². The average Bonchev–Trinajstić information content (AvgIpc) is 2.03. The van der Waals surface area contributed by atoms with Gasteiger partial charge < -0.3 is 16.4 Å². The van der Waals surface area contributed by atoms with Crippen LogP contribution in [0.2, 0.25) is 0 Å². The number of hydrogen-bond acceptors (Lipinski definition) is 3. The Labute approximate surface area is 76.4 Å². The van der Waals surface area contributed by atoms with Crippen molar-refractivity contribution in [1.82, 2.24) is 6.15 Å². The third-order valence-corrected chi connectivity index (χ3v) is 1.56. The van der Waals surface area contributed by atoms with E-state index in [2.05, 4.69) is 0 Å². The minimum Gasteiger partial charge on any atom is -0.508 e. The van der Waals surface area contributed by atoms with E-state index in [1.165, 1.54) is 0 Å². The van der Waals surface area contributed by atoms with Gasteiger partial charge in [-0.1, -0.05) is 12.1 Å². The molecule has 0 atom stereocenters. The third kappa shape index (κ3) is 4.12. The second kappa shape index (κ2) is 5.16. The molecule has 0 amide bonds. The highest BCUT2D eigenvalue weighted by atomic mass is 16.4. The Kier molecular flexibility index (Phi) is 4.54. The first-order valence-electron chi connectivity index (χ1n) is 3.68. The molecule has 4 nitrogen and oxygen atoms in total. The molecule has 0 bridgehead atoms. The zero-order chi connectivity index (χ0) is 8.97. The van der Waals surface area contributed by atoms with Crippen molar-refractivity contribution in [3.05, 3.63) is 29.8 Å². The molecule has 0 unspecified atom stereocenters. The minimum atomic E-state index is -0.803. The molecule has 4 heteroatoms. The highest BCUT2D eigenvalue weighted by Gasteiger charge is 1.98. The molecule has 1 aromatic rings. The van der Waals surface area contributed by atoms with Crippen LogP contribution in [0, 0.1) is 0 Å². The van der Waals surface area contributed by atoms with Gasteiger partial charge in [0.2, 0.25) is 0 Å². The van der Waals surface area contributed by atoms with E-state index in [9.17, 15) is 4.79 Å². The molecule has 0 saturated heterocycles. The van der Waals surface area contributed by atoms with E-state index in [-0.39, 0.29) is 18.3 Å². The number of benzene rings is 1. The maximum atomic E-state index is 10.2. The van der Waals surface area contributed by atoms with Gasteiger partial charge in [0, 0.05) is 6.42 Å². The van der Waals surface area contributed by atoms with E-state index in [1.54, 1.807) is 24.3 Å². The molecule has 0 aliphatic carbocycles. The molecule has 1 rings (SSSR count). The fraction of sp³-hybridized carbons (Fsp3) is 0.222. The van der Waals surface area contributed by atoms with E-state index in [1.807, 2.05) is 0 Å². The van der Waals surface area contributed by atoms with Crippen molar-refractivity contribution in [2.45, 2.75) is 12.8 Å². The van der Waals surface area contributed by atoms with Gasteiger partial charge in [-0.3, -0.25) is 4.79 Å². The first-order valence-corrected chi connectivity index (χ1v) is 3.68. The maximum Gasteiger partial charge on any atom is 0.303 e. The molecule has 13 heavy (non-hydrogen) atoms. The molecule has 0 saturated carbocycles.